The largest absolute Gasteiger partial charge is 0.484 e. The molecule has 0 aliphatic heterocycles. The molecule has 0 fully saturated rings. The molecule has 0 heterocycles. The summed E-state index contributed by atoms with van der Waals surface area (Å²) < 4.78 is 5.42. The zero-order valence-electron chi connectivity index (χ0n) is 13.3. The van der Waals surface area contributed by atoms with Crippen LogP contribution in [0.2, 0.25) is 0 Å². The number of rotatable bonds is 10. The van der Waals surface area contributed by atoms with Crippen LogP contribution in [0.4, 0.5) is 0 Å². The van der Waals surface area contributed by atoms with Crippen LogP contribution in [0.5, 0.6) is 5.75 Å². The van der Waals surface area contributed by atoms with E-state index in [1.165, 1.54) is 5.56 Å². The van der Waals surface area contributed by atoms with E-state index >= 15 is 0 Å². The van der Waals surface area contributed by atoms with E-state index in [-0.39, 0.29) is 18.9 Å². The molecular formula is C17H25NO4. The molecule has 5 heteroatoms. The van der Waals surface area contributed by atoms with Gasteiger partial charge < -0.3 is 15.2 Å². The molecule has 1 amide bonds. The summed E-state index contributed by atoms with van der Waals surface area (Å²) in [6.45, 7) is 4.80. The van der Waals surface area contributed by atoms with Gasteiger partial charge in [-0.3, -0.25) is 9.59 Å². The van der Waals surface area contributed by atoms with Gasteiger partial charge in [0, 0.05) is 13.0 Å². The molecule has 0 aliphatic carbocycles. The zero-order valence-corrected chi connectivity index (χ0v) is 13.3. The number of benzene rings is 1. The monoisotopic (exact) mass is 307 g/mol. The number of carboxylic acids is 1. The maximum absolute atomic E-state index is 11.6. The van der Waals surface area contributed by atoms with Gasteiger partial charge >= 0.3 is 5.97 Å². The number of carbonyl (C=O) groups excluding carboxylic acids is 1. The van der Waals surface area contributed by atoms with Crippen molar-refractivity contribution in [3.05, 3.63) is 29.8 Å². The van der Waals surface area contributed by atoms with Crippen LogP contribution in [0.3, 0.4) is 0 Å². The molecule has 0 bridgehead atoms. The van der Waals surface area contributed by atoms with Crippen molar-refractivity contribution in [2.45, 2.75) is 45.4 Å². The highest BCUT2D eigenvalue weighted by molar-refractivity contribution is 5.77. The molecule has 0 aliphatic rings. The van der Waals surface area contributed by atoms with Gasteiger partial charge in [-0.25, -0.2) is 0 Å². The van der Waals surface area contributed by atoms with Crippen molar-refractivity contribution in [2.24, 2.45) is 0 Å². The topological polar surface area (TPSA) is 75.6 Å². The second kappa shape index (κ2) is 9.82. The summed E-state index contributed by atoms with van der Waals surface area (Å²) in [7, 11) is 0. The van der Waals surface area contributed by atoms with Crippen molar-refractivity contribution >= 4 is 11.9 Å². The Hall–Kier alpha value is -2.04. The highest BCUT2D eigenvalue weighted by Gasteiger charge is 2.04. The summed E-state index contributed by atoms with van der Waals surface area (Å²) in [6.07, 6.45) is 2.40. The van der Waals surface area contributed by atoms with Gasteiger partial charge in [-0.15, -0.1) is 0 Å². The Bertz CT molecular complexity index is 468. The van der Waals surface area contributed by atoms with Crippen LogP contribution < -0.4 is 10.1 Å². The Labute approximate surface area is 131 Å². The van der Waals surface area contributed by atoms with Gasteiger partial charge in [-0.05, 0) is 36.5 Å². The Kier molecular flexibility index (Phi) is 8.04. The number of unbranched alkanes of at least 4 members (excludes halogenated alkanes) is 2. The number of nitrogens with one attached hydrogen (secondary N) is 1. The number of hydrogen-bond acceptors (Lipinski definition) is 3. The van der Waals surface area contributed by atoms with Crippen LogP contribution in [0.15, 0.2) is 24.3 Å². The molecule has 22 heavy (non-hydrogen) atoms. The standard InChI is InChI=1S/C17H25NO4/c1-13(2)14-7-9-15(10-8-14)22-12-16(19)18-11-5-3-4-6-17(20)21/h7-10,13H,3-6,11-12H2,1-2H3,(H,18,19)(H,20,21). The van der Waals surface area contributed by atoms with Crippen molar-refractivity contribution in [2.75, 3.05) is 13.2 Å². The summed E-state index contributed by atoms with van der Waals surface area (Å²) in [5, 5.41) is 11.3. The van der Waals surface area contributed by atoms with Crippen LogP contribution in [-0.4, -0.2) is 30.1 Å². The van der Waals surface area contributed by atoms with E-state index in [4.69, 9.17) is 9.84 Å². The van der Waals surface area contributed by atoms with E-state index < -0.39 is 5.97 Å². The van der Waals surface area contributed by atoms with Crippen LogP contribution >= 0.6 is 0 Å². The lowest BCUT2D eigenvalue weighted by atomic mass is 10.0. The molecule has 2 N–H and O–H groups in total. The quantitative estimate of drug-likeness (QED) is 0.652. The molecule has 122 valence electrons. The highest BCUT2D eigenvalue weighted by Crippen LogP contribution is 2.18. The molecule has 0 spiro atoms. The number of aliphatic carboxylic acids is 1. The van der Waals surface area contributed by atoms with E-state index in [2.05, 4.69) is 19.2 Å². The Morgan fingerprint density at radius 3 is 2.41 bits per heavy atom. The number of carboxylic acid groups (broad SMARTS) is 1. The number of hydrogen-bond donors (Lipinski definition) is 2. The van der Waals surface area contributed by atoms with E-state index in [0.29, 0.717) is 24.6 Å². The summed E-state index contributed by atoms with van der Waals surface area (Å²) in [5.74, 6) is 0.214. The fraction of sp³-hybridized carbons (Fsp3) is 0.529. The van der Waals surface area contributed by atoms with Gasteiger partial charge in [0.15, 0.2) is 6.61 Å². The number of amides is 1. The molecule has 5 nitrogen and oxygen atoms in total. The second-order valence-electron chi connectivity index (χ2n) is 5.57. The Balaban J connectivity index is 2.13. The fourth-order valence-corrected chi connectivity index (χ4v) is 1.95. The first-order valence-corrected chi connectivity index (χ1v) is 7.70. The molecule has 1 aromatic carbocycles. The van der Waals surface area contributed by atoms with E-state index in [1.807, 2.05) is 24.3 Å². The van der Waals surface area contributed by atoms with Gasteiger partial charge in [0.1, 0.15) is 5.75 Å². The van der Waals surface area contributed by atoms with E-state index in [0.717, 1.165) is 12.8 Å². The average Bonchev–Trinajstić information content (AvgIpc) is 2.48. The fourth-order valence-electron chi connectivity index (χ4n) is 1.95. The second-order valence-corrected chi connectivity index (χ2v) is 5.57. The molecule has 0 unspecified atom stereocenters. The smallest absolute Gasteiger partial charge is 0.303 e. The van der Waals surface area contributed by atoms with Crippen LogP contribution in [-0.2, 0) is 9.59 Å². The Morgan fingerprint density at radius 1 is 1.14 bits per heavy atom. The van der Waals surface area contributed by atoms with Crippen molar-refractivity contribution in [3.63, 3.8) is 0 Å². The minimum absolute atomic E-state index is 0.00382. The first-order valence-electron chi connectivity index (χ1n) is 7.70. The van der Waals surface area contributed by atoms with E-state index in [1.54, 1.807) is 0 Å². The molecule has 0 saturated heterocycles. The number of carbonyl (C=O) groups is 2. The SMILES string of the molecule is CC(C)c1ccc(OCC(=O)NCCCCCC(=O)O)cc1. The van der Waals surface area contributed by atoms with Crippen molar-refractivity contribution in [1.82, 2.24) is 5.32 Å². The molecule has 1 rings (SSSR count). The van der Waals surface area contributed by atoms with Crippen LogP contribution in [0, 0.1) is 0 Å². The van der Waals surface area contributed by atoms with Gasteiger partial charge in [-0.2, -0.15) is 0 Å². The van der Waals surface area contributed by atoms with Crippen molar-refractivity contribution in [1.29, 1.82) is 0 Å². The highest BCUT2D eigenvalue weighted by atomic mass is 16.5. The molecule has 0 aromatic heterocycles. The molecular weight excluding hydrogens is 282 g/mol. The lowest BCUT2D eigenvalue weighted by Gasteiger charge is -2.09. The molecule has 0 saturated carbocycles. The minimum Gasteiger partial charge on any atom is -0.484 e. The lowest BCUT2D eigenvalue weighted by Crippen LogP contribution is -2.29. The third-order valence-electron chi connectivity index (χ3n) is 3.31. The summed E-state index contributed by atoms with van der Waals surface area (Å²) in [6, 6.07) is 7.74. The zero-order chi connectivity index (χ0) is 16.4. The normalized spacial score (nSPS) is 10.5. The third-order valence-corrected chi connectivity index (χ3v) is 3.31. The van der Waals surface area contributed by atoms with E-state index in [9.17, 15) is 9.59 Å². The lowest BCUT2D eigenvalue weighted by molar-refractivity contribution is -0.137. The predicted octanol–water partition coefficient (Wildman–Crippen LogP) is 2.95. The van der Waals surface area contributed by atoms with Gasteiger partial charge in [0.05, 0.1) is 0 Å². The maximum Gasteiger partial charge on any atom is 0.303 e. The number of ether oxygens (including phenoxy) is 1. The first kappa shape index (κ1) is 18.0. The minimum atomic E-state index is -0.777. The molecule has 1 aromatic rings. The van der Waals surface area contributed by atoms with Gasteiger partial charge in [0.25, 0.3) is 5.91 Å². The summed E-state index contributed by atoms with van der Waals surface area (Å²) >= 11 is 0. The average molecular weight is 307 g/mol. The summed E-state index contributed by atoms with van der Waals surface area (Å²) in [5.41, 5.74) is 1.23. The predicted molar refractivity (Wildman–Crippen MR) is 85.1 cm³/mol. The van der Waals surface area contributed by atoms with Gasteiger partial charge in [-0.1, -0.05) is 32.4 Å². The molecule has 0 radical (unpaired) electrons. The van der Waals surface area contributed by atoms with Crippen LogP contribution in [0.1, 0.15) is 51.0 Å². The maximum atomic E-state index is 11.6. The Morgan fingerprint density at radius 2 is 1.82 bits per heavy atom. The van der Waals surface area contributed by atoms with Crippen LogP contribution in [0.25, 0.3) is 0 Å². The first-order chi connectivity index (χ1) is 10.5. The van der Waals surface area contributed by atoms with Gasteiger partial charge in [0.2, 0.25) is 0 Å². The summed E-state index contributed by atoms with van der Waals surface area (Å²) in [4.78, 5) is 21.9. The molecule has 0 atom stereocenters. The van der Waals surface area contributed by atoms with Crippen molar-refractivity contribution in [3.8, 4) is 5.75 Å². The third kappa shape index (κ3) is 7.67. The van der Waals surface area contributed by atoms with Crippen molar-refractivity contribution < 1.29 is 19.4 Å².